The van der Waals surface area contributed by atoms with E-state index in [4.69, 9.17) is 5.11 Å². The summed E-state index contributed by atoms with van der Waals surface area (Å²) in [5.74, 6) is -1.01. The molecule has 2 aromatic rings. The maximum atomic E-state index is 10.7. The Hall–Kier alpha value is -2.17. The fourth-order valence-electron chi connectivity index (χ4n) is 1.44. The second-order valence-electron chi connectivity index (χ2n) is 3.45. The molecule has 0 unspecified atom stereocenters. The fourth-order valence-corrected chi connectivity index (χ4v) is 1.44. The Morgan fingerprint density at radius 2 is 2.31 bits per heavy atom. The van der Waals surface area contributed by atoms with E-state index in [1.54, 1.807) is 23.9 Å². The van der Waals surface area contributed by atoms with Gasteiger partial charge in [0.25, 0.3) is 0 Å². The van der Waals surface area contributed by atoms with Crippen molar-refractivity contribution in [3.8, 4) is 0 Å². The lowest BCUT2D eigenvalue weighted by molar-refractivity contribution is 0.0690. The van der Waals surface area contributed by atoms with Crippen LogP contribution >= 0.6 is 0 Å². The van der Waals surface area contributed by atoms with Crippen LogP contribution in [0.4, 0.5) is 0 Å². The van der Waals surface area contributed by atoms with Crippen LogP contribution in [0.2, 0.25) is 0 Å². The van der Waals surface area contributed by atoms with Crippen molar-refractivity contribution >= 4 is 5.97 Å². The van der Waals surface area contributed by atoms with Crippen LogP contribution in [-0.2, 0) is 6.54 Å². The van der Waals surface area contributed by atoms with Gasteiger partial charge in [0.15, 0.2) is 0 Å². The third kappa shape index (κ3) is 2.08. The maximum Gasteiger partial charge on any atom is 0.354 e. The lowest BCUT2D eigenvalue weighted by Crippen LogP contribution is -2.07. The first-order valence-electron chi connectivity index (χ1n) is 4.84. The standard InChI is InChI=1S/C11H11N3O2/c1-8-9(7-14-6-2-5-12-14)3-4-10(13-8)11(15)16/h2-6H,7H2,1H3,(H,15,16). The Kier molecular flexibility index (Phi) is 2.68. The molecule has 16 heavy (non-hydrogen) atoms. The minimum atomic E-state index is -1.01. The molecule has 1 N–H and O–H groups in total. The van der Waals surface area contributed by atoms with Crippen LogP contribution in [-0.4, -0.2) is 25.8 Å². The number of rotatable bonds is 3. The van der Waals surface area contributed by atoms with E-state index < -0.39 is 5.97 Å². The van der Waals surface area contributed by atoms with Gasteiger partial charge in [-0.25, -0.2) is 9.78 Å². The van der Waals surface area contributed by atoms with Gasteiger partial charge in [-0.3, -0.25) is 4.68 Å². The van der Waals surface area contributed by atoms with Gasteiger partial charge in [-0.1, -0.05) is 6.07 Å². The van der Waals surface area contributed by atoms with Crippen molar-refractivity contribution in [1.82, 2.24) is 14.8 Å². The average molecular weight is 217 g/mol. The summed E-state index contributed by atoms with van der Waals surface area (Å²) >= 11 is 0. The molecule has 0 aliphatic heterocycles. The Morgan fingerprint density at radius 1 is 1.50 bits per heavy atom. The highest BCUT2D eigenvalue weighted by Gasteiger charge is 2.07. The van der Waals surface area contributed by atoms with Crippen molar-refractivity contribution in [3.63, 3.8) is 0 Å². The molecule has 0 aromatic carbocycles. The van der Waals surface area contributed by atoms with Gasteiger partial charge in [0, 0.05) is 18.1 Å². The van der Waals surface area contributed by atoms with Gasteiger partial charge in [0.1, 0.15) is 5.69 Å². The summed E-state index contributed by atoms with van der Waals surface area (Å²) < 4.78 is 1.77. The lowest BCUT2D eigenvalue weighted by atomic mass is 10.2. The van der Waals surface area contributed by atoms with E-state index >= 15 is 0 Å². The molecule has 2 heterocycles. The van der Waals surface area contributed by atoms with Crippen LogP contribution in [0.5, 0.6) is 0 Å². The number of carbonyl (C=O) groups is 1. The van der Waals surface area contributed by atoms with Crippen molar-refractivity contribution in [2.75, 3.05) is 0 Å². The monoisotopic (exact) mass is 217 g/mol. The van der Waals surface area contributed by atoms with E-state index in [1.165, 1.54) is 6.07 Å². The molecule has 5 nitrogen and oxygen atoms in total. The van der Waals surface area contributed by atoms with Gasteiger partial charge >= 0.3 is 5.97 Å². The number of hydrogen-bond acceptors (Lipinski definition) is 3. The third-order valence-electron chi connectivity index (χ3n) is 2.31. The molecule has 0 aliphatic rings. The molecule has 0 spiro atoms. The van der Waals surface area contributed by atoms with Crippen LogP contribution in [0.15, 0.2) is 30.6 Å². The highest BCUT2D eigenvalue weighted by Crippen LogP contribution is 2.08. The molecule has 82 valence electrons. The number of aryl methyl sites for hydroxylation is 1. The van der Waals surface area contributed by atoms with E-state index in [1.807, 2.05) is 12.3 Å². The molecule has 0 atom stereocenters. The quantitative estimate of drug-likeness (QED) is 0.842. The first-order chi connectivity index (χ1) is 7.66. The van der Waals surface area contributed by atoms with Crippen LogP contribution in [0.1, 0.15) is 21.7 Å². The summed E-state index contributed by atoms with van der Waals surface area (Å²) in [4.78, 5) is 14.7. The van der Waals surface area contributed by atoms with Gasteiger partial charge in [-0.05, 0) is 24.6 Å². The first-order valence-corrected chi connectivity index (χ1v) is 4.84. The van der Waals surface area contributed by atoms with E-state index in [0.29, 0.717) is 6.54 Å². The summed E-state index contributed by atoms with van der Waals surface area (Å²) in [6.45, 7) is 2.40. The number of carboxylic acid groups (broad SMARTS) is 1. The van der Waals surface area contributed by atoms with Crippen molar-refractivity contribution in [2.24, 2.45) is 0 Å². The predicted octanol–water partition coefficient (Wildman–Crippen LogP) is 1.33. The zero-order valence-electron chi connectivity index (χ0n) is 8.79. The highest BCUT2D eigenvalue weighted by molar-refractivity contribution is 5.85. The fraction of sp³-hybridized carbons (Fsp3) is 0.182. The molecule has 0 amide bonds. The minimum Gasteiger partial charge on any atom is -0.477 e. The molecule has 2 aromatic heterocycles. The summed E-state index contributed by atoms with van der Waals surface area (Å²) in [7, 11) is 0. The molecule has 5 heteroatoms. The van der Waals surface area contributed by atoms with Gasteiger partial charge in [0.05, 0.1) is 6.54 Å². The Morgan fingerprint density at radius 3 is 2.88 bits per heavy atom. The molecular formula is C11H11N3O2. The Labute approximate surface area is 92.4 Å². The van der Waals surface area contributed by atoms with E-state index in [0.717, 1.165) is 11.3 Å². The second kappa shape index (κ2) is 4.14. The number of nitrogens with zero attached hydrogens (tertiary/aromatic N) is 3. The van der Waals surface area contributed by atoms with Gasteiger partial charge < -0.3 is 5.11 Å². The number of hydrogen-bond donors (Lipinski definition) is 1. The summed E-state index contributed by atoms with van der Waals surface area (Å²) in [6.07, 6.45) is 3.55. The number of aromatic carboxylic acids is 1. The van der Waals surface area contributed by atoms with E-state index in [9.17, 15) is 4.79 Å². The zero-order valence-corrected chi connectivity index (χ0v) is 8.79. The zero-order chi connectivity index (χ0) is 11.5. The Balaban J connectivity index is 2.26. The first kappa shape index (κ1) is 10.4. The SMILES string of the molecule is Cc1nc(C(=O)O)ccc1Cn1cccn1. The molecule has 2 rings (SSSR count). The van der Waals surface area contributed by atoms with E-state index in [2.05, 4.69) is 10.1 Å². The smallest absolute Gasteiger partial charge is 0.354 e. The topological polar surface area (TPSA) is 68.0 Å². The van der Waals surface area contributed by atoms with Crippen LogP contribution in [0.25, 0.3) is 0 Å². The summed E-state index contributed by atoms with van der Waals surface area (Å²) in [6, 6.07) is 5.12. The van der Waals surface area contributed by atoms with Gasteiger partial charge in [0.2, 0.25) is 0 Å². The van der Waals surface area contributed by atoms with Crippen molar-refractivity contribution in [1.29, 1.82) is 0 Å². The normalized spacial score (nSPS) is 10.3. The Bertz CT molecular complexity index is 506. The number of carboxylic acids is 1. The van der Waals surface area contributed by atoms with Crippen LogP contribution < -0.4 is 0 Å². The molecular weight excluding hydrogens is 206 g/mol. The predicted molar refractivity (Wildman–Crippen MR) is 57.3 cm³/mol. The molecule has 0 fully saturated rings. The van der Waals surface area contributed by atoms with Crippen LogP contribution in [0.3, 0.4) is 0 Å². The summed E-state index contributed by atoms with van der Waals surface area (Å²) in [5, 5.41) is 12.9. The van der Waals surface area contributed by atoms with Gasteiger partial charge in [-0.2, -0.15) is 5.10 Å². The highest BCUT2D eigenvalue weighted by atomic mass is 16.4. The average Bonchev–Trinajstić information content (AvgIpc) is 2.73. The van der Waals surface area contributed by atoms with Crippen molar-refractivity contribution in [2.45, 2.75) is 13.5 Å². The minimum absolute atomic E-state index is 0.0710. The lowest BCUT2D eigenvalue weighted by Gasteiger charge is -2.06. The molecule has 0 aliphatic carbocycles. The maximum absolute atomic E-state index is 10.7. The summed E-state index contributed by atoms with van der Waals surface area (Å²) in [5.41, 5.74) is 1.76. The van der Waals surface area contributed by atoms with Crippen molar-refractivity contribution in [3.05, 3.63) is 47.5 Å². The molecule has 0 saturated carbocycles. The number of pyridine rings is 1. The van der Waals surface area contributed by atoms with Crippen LogP contribution in [0, 0.1) is 6.92 Å². The second-order valence-corrected chi connectivity index (χ2v) is 3.45. The number of aromatic nitrogens is 3. The largest absolute Gasteiger partial charge is 0.477 e. The molecule has 0 bridgehead atoms. The molecule has 0 saturated heterocycles. The third-order valence-corrected chi connectivity index (χ3v) is 2.31. The van der Waals surface area contributed by atoms with Crippen molar-refractivity contribution < 1.29 is 9.90 Å². The van der Waals surface area contributed by atoms with E-state index in [-0.39, 0.29) is 5.69 Å². The molecule has 0 radical (unpaired) electrons. The van der Waals surface area contributed by atoms with Gasteiger partial charge in [-0.15, -0.1) is 0 Å².